The van der Waals surface area contributed by atoms with Gasteiger partial charge < -0.3 is 25.1 Å². The number of rotatable bonds is 14. The summed E-state index contributed by atoms with van der Waals surface area (Å²) in [5.41, 5.74) is 7.76. The molecule has 6 nitrogen and oxygen atoms in total. The molecule has 32 heavy (non-hydrogen) atoms. The number of piperidine rings is 1. The number of methoxy groups -OCH3 is 2. The summed E-state index contributed by atoms with van der Waals surface area (Å²) in [7, 11) is 3.36. The zero-order chi connectivity index (χ0) is 23.5. The maximum atomic E-state index is 11.0. The Morgan fingerprint density at radius 3 is 2.38 bits per heavy atom. The monoisotopic (exact) mass is 450 g/mol. The van der Waals surface area contributed by atoms with Gasteiger partial charge in [-0.2, -0.15) is 0 Å². The number of likely N-dealkylation sites (tertiary alicyclic amines) is 1. The van der Waals surface area contributed by atoms with Crippen LogP contribution in [0.15, 0.2) is 18.2 Å². The maximum Gasteiger partial charge on any atom is 0.161 e. The fraction of sp³-hybridized carbons (Fsp3) is 0.769. The topological polar surface area (TPSA) is 77.2 Å². The lowest BCUT2D eigenvalue weighted by Gasteiger charge is -2.38. The Morgan fingerprint density at radius 1 is 1.03 bits per heavy atom. The molecule has 0 radical (unpaired) electrons. The zero-order valence-electron chi connectivity index (χ0n) is 20.9. The van der Waals surface area contributed by atoms with Gasteiger partial charge in [-0.1, -0.05) is 26.3 Å². The summed E-state index contributed by atoms with van der Waals surface area (Å²) in [6.45, 7) is 10.00. The first-order valence-electron chi connectivity index (χ1n) is 12.3. The van der Waals surface area contributed by atoms with Crippen LogP contribution in [0, 0.1) is 11.8 Å². The molecule has 1 aromatic rings. The van der Waals surface area contributed by atoms with E-state index in [4.69, 9.17) is 19.9 Å². The normalized spacial score (nSPS) is 18.9. The molecular weight excluding hydrogens is 404 g/mol. The van der Waals surface area contributed by atoms with Crippen molar-refractivity contribution in [2.45, 2.75) is 77.5 Å². The van der Waals surface area contributed by atoms with Crippen molar-refractivity contribution < 1.29 is 19.3 Å². The van der Waals surface area contributed by atoms with E-state index in [1.54, 1.807) is 14.2 Å². The zero-order valence-corrected chi connectivity index (χ0v) is 20.9. The molecule has 0 aliphatic carbocycles. The van der Waals surface area contributed by atoms with E-state index >= 15 is 0 Å². The number of ether oxygens (including phenoxy) is 3. The summed E-state index contributed by atoms with van der Waals surface area (Å²) in [6.07, 6.45) is 5.75. The summed E-state index contributed by atoms with van der Waals surface area (Å²) in [5.74, 6) is 2.36. The number of hydrogen-bond acceptors (Lipinski definition) is 6. The third kappa shape index (κ3) is 8.22. The fourth-order valence-corrected chi connectivity index (χ4v) is 4.63. The van der Waals surface area contributed by atoms with Crippen LogP contribution >= 0.6 is 0 Å². The molecule has 4 atom stereocenters. The Kier molecular flexibility index (Phi) is 11.8. The lowest BCUT2D eigenvalue weighted by molar-refractivity contribution is 0.0252. The second kappa shape index (κ2) is 14.0. The van der Waals surface area contributed by atoms with E-state index < -0.39 is 6.10 Å². The van der Waals surface area contributed by atoms with Crippen molar-refractivity contribution in [2.75, 3.05) is 40.5 Å². The standard InChI is InChI=1S/C26H46N2O4/c1-19(2)22(18-23(27)26(29)20(3)28-12-7-6-8-13-28)16-21-10-11-24(31-5)25(17-21)32-15-9-14-30-4/h10-11,17,19-20,22-23,26,29H,6-9,12-16,18,27H2,1-5H3/t20?,22-,23-,26+/m0/s1. The molecule has 3 N–H and O–H groups in total. The summed E-state index contributed by atoms with van der Waals surface area (Å²) in [5, 5.41) is 11.0. The van der Waals surface area contributed by atoms with Crippen LogP contribution in [-0.2, 0) is 11.2 Å². The van der Waals surface area contributed by atoms with E-state index in [-0.39, 0.29) is 12.1 Å². The molecular formula is C26H46N2O4. The van der Waals surface area contributed by atoms with E-state index in [1.807, 2.05) is 6.07 Å². The molecule has 0 bridgehead atoms. The van der Waals surface area contributed by atoms with E-state index in [1.165, 1.54) is 24.8 Å². The van der Waals surface area contributed by atoms with Gasteiger partial charge in [0.05, 0.1) is 19.8 Å². The molecule has 0 saturated carbocycles. The van der Waals surface area contributed by atoms with Crippen molar-refractivity contribution in [2.24, 2.45) is 17.6 Å². The second-order valence-corrected chi connectivity index (χ2v) is 9.62. The van der Waals surface area contributed by atoms with Gasteiger partial charge in [-0.05, 0) is 75.2 Å². The molecule has 0 aromatic heterocycles. The highest BCUT2D eigenvalue weighted by molar-refractivity contribution is 5.43. The molecule has 1 unspecified atom stereocenters. The van der Waals surface area contributed by atoms with Gasteiger partial charge in [0, 0.05) is 32.2 Å². The van der Waals surface area contributed by atoms with Gasteiger partial charge >= 0.3 is 0 Å². The highest BCUT2D eigenvalue weighted by Gasteiger charge is 2.30. The predicted octanol–water partition coefficient (Wildman–Crippen LogP) is 3.88. The Balaban J connectivity index is 2.00. The number of nitrogens with zero attached hydrogens (tertiary/aromatic N) is 1. The third-order valence-electron chi connectivity index (χ3n) is 6.89. The molecule has 1 aliphatic rings. The number of nitrogens with two attached hydrogens (primary N) is 1. The van der Waals surface area contributed by atoms with Crippen molar-refractivity contribution >= 4 is 0 Å². The van der Waals surface area contributed by atoms with Gasteiger partial charge in [0.2, 0.25) is 0 Å². The second-order valence-electron chi connectivity index (χ2n) is 9.62. The number of aliphatic hydroxyl groups is 1. The predicted molar refractivity (Wildman–Crippen MR) is 130 cm³/mol. The quantitative estimate of drug-likeness (QED) is 0.419. The van der Waals surface area contributed by atoms with Crippen LogP contribution in [0.5, 0.6) is 11.5 Å². The van der Waals surface area contributed by atoms with Gasteiger partial charge in [0.15, 0.2) is 11.5 Å². The van der Waals surface area contributed by atoms with Crippen LogP contribution in [0.1, 0.15) is 58.4 Å². The average molecular weight is 451 g/mol. The van der Waals surface area contributed by atoms with Gasteiger partial charge in [-0.15, -0.1) is 0 Å². The van der Waals surface area contributed by atoms with Crippen molar-refractivity contribution in [3.63, 3.8) is 0 Å². The van der Waals surface area contributed by atoms with Crippen molar-refractivity contribution in [3.8, 4) is 11.5 Å². The molecule has 1 aromatic carbocycles. The van der Waals surface area contributed by atoms with Gasteiger partial charge in [-0.3, -0.25) is 4.90 Å². The van der Waals surface area contributed by atoms with Crippen LogP contribution in [0.4, 0.5) is 0 Å². The Bertz CT molecular complexity index is 649. The Morgan fingerprint density at radius 2 is 1.75 bits per heavy atom. The molecule has 1 saturated heterocycles. The van der Waals surface area contributed by atoms with Crippen molar-refractivity contribution in [3.05, 3.63) is 23.8 Å². The first-order valence-corrected chi connectivity index (χ1v) is 12.3. The first-order chi connectivity index (χ1) is 15.4. The summed E-state index contributed by atoms with van der Waals surface area (Å²) in [6, 6.07) is 6.04. The molecule has 1 fully saturated rings. The van der Waals surface area contributed by atoms with Crippen molar-refractivity contribution in [1.82, 2.24) is 4.90 Å². The lowest BCUT2D eigenvalue weighted by Crippen LogP contribution is -2.52. The molecule has 2 rings (SSSR count). The largest absolute Gasteiger partial charge is 0.493 e. The molecule has 1 heterocycles. The van der Waals surface area contributed by atoms with Crippen LogP contribution in [-0.4, -0.2) is 68.7 Å². The Hall–Kier alpha value is -1.34. The van der Waals surface area contributed by atoms with Crippen LogP contribution < -0.4 is 15.2 Å². The minimum absolute atomic E-state index is 0.103. The molecule has 184 valence electrons. The van der Waals surface area contributed by atoms with Gasteiger partial charge in [0.25, 0.3) is 0 Å². The molecule has 6 heteroatoms. The smallest absolute Gasteiger partial charge is 0.161 e. The van der Waals surface area contributed by atoms with Crippen LogP contribution in [0.2, 0.25) is 0 Å². The van der Waals surface area contributed by atoms with E-state index in [0.29, 0.717) is 25.0 Å². The van der Waals surface area contributed by atoms with E-state index in [9.17, 15) is 5.11 Å². The van der Waals surface area contributed by atoms with Crippen molar-refractivity contribution in [1.29, 1.82) is 0 Å². The molecule has 0 amide bonds. The summed E-state index contributed by atoms with van der Waals surface area (Å²) in [4.78, 5) is 2.40. The fourth-order valence-electron chi connectivity index (χ4n) is 4.63. The SMILES string of the molecule is COCCCOc1cc(C[C@@H](C[C@H](N)[C@H](O)C(C)N2CCCCC2)C(C)C)ccc1OC. The summed E-state index contributed by atoms with van der Waals surface area (Å²) >= 11 is 0. The van der Waals surface area contributed by atoms with Crippen LogP contribution in [0.25, 0.3) is 0 Å². The molecule has 0 spiro atoms. The minimum atomic E-state index is -0.509. The maximum absolute atomic E-state index is 11.0. The highest BCUT2D eigenvalue weighted by atomic mass is 16.5. The average Bonchev–Trinajstić information content (AvgIpc) is 2.81. The lowest BCUT2D eigenvalue weighted by atomic mass is 9.82. The van der Waals surface area contributed by atoms with Gasteiger partial charge in [-0.25, -0.2) is 0 Å². The number of aliphatic hydroxyl groups excluding tert-OH is 1. The number of benzene rings is 1. The summed E-state index contributed by atoms with van der Waals surface area (Å²) < 4.78 is 16.5. The van der Waals surface area contributed by atoms with E-state index in [2.05, 4.69) is 37.8 Å². The van der Waals surface area contributed by atoms with Gasteiger partial charge in [0.1, 0.15) is 0 Å². The van der Waals surface area contributed by atoms with Crippen LogP contribution in [0.3, 0.4) is 0 Å². The first kappa shape index (κ1) is 26.9. The number of hydrogen-bond donors (Lipinski definition) is 2. The van der Waals surface area contributed by atoms with E-state index in [0.717, 1.165) is 43.9 Å². The minimum Gasteiger partial charge on any atom is -0.493 e. The highest BCUT2D eigenvalue weighted by Crippen LogP contribution is 2.31. The molecule has 1 aliphatic heterocycles. The Labute approximate surface area is 195 Å². The third-order valence-corrected chi connectivity index (χ3v) is 6.89.